The summed E-state index contributed by atoms with van der Waals surface area (Å²) in [6.45, 7) is 1.66. The molecule has 5 nitrogen and oxygen atoms in total. The summed E-state index contributed by atoms with van der Waals surface area (Å²) in [5.41, 5.74) is 0.217. The number of aliphatic hydroxyl groups excluding tert-OH is 1. The smallest absolute Gasteiger partial charge is 0.335 e. The van der Waals surface area contributed by atoms with E-state index in [1.54, 1.807) is 12.1 Å². The van der Waals surface area contributed by atoms with Crippen LogP contribution in [0.3, 0.4) is 0 Å². The van der Waals surface area contributed by atoms with Gasteiger partial charge in [0.2, 0.25) is 0 Å². The molecule has 0 amide bonds. The molecule has 0 heterocycles. The fraction of sp³-hybridized carbons (Fsp3) is 0.500. The van der Waals surface area contributed by atoms with E-state index < -0.39 is 5.97 Å². The molecule has 2 rings (SSSR count). The molecule has 1 saturated carbocycles. The second-order valence-electron chi connectivity index (χ2n) is 4.79. The number of carbonyl (C=O) groups is 1. The number of aliphatic hydroxyl groups is 1. The first-order chi connectivity index (χ1) is 9.16. The van der Waals surface area contributed by atoms with Crippen LogP contribution in [-0.4, -0.2) is 42.0 Å². The van der Waals surface area contributed by atoms with Crippen molar-refractivity contribution < 1.29 is 19.7 Å². The lowest BCUT2D eigenvalue weighted by atomic mass is 10.2. The van der Waals surface area contributed by atoms with Gasteiger partial charge in [-0.1, -0.05) is 6.07 Å². The quantitative estimate of drug-likeness (QED) is 0.614. The largest absolute Gasteiger partial charge is 0.492 e. The molecule has 0 aromatic heterocycles. The first-order valence-corrected chi connectivity index (χ1v) is 6.52. The third-order valence-corrected chi connectivity index (χ3v) is 3.15. The Morgan fingerprint density at radius 3 is 2.95 bits per heavy atom. The summed E-state index contributed by atoms with van der Waals surface area (Å²) < 4.78 is 5.45. The molecule has 0 saturated heterocycles. The molecule has 1 unspecified atom stereocenters. The molecule has 1 fully saturated rings. The number of hydrogen-bond acceptors (Lipinski definition) is 4. The lowest BCUT2D eigenvalue weighted by Crippen LogP contribution is -2.31. The molecule has 1 aliphatic carbocycles. The van der Waals surface area contributed by atoms with Crippen molar-refractivity contribution in [2.45, 2.75) is 18.9 Å². The molecule has 0 spiro atoms. The maximum absolute atomic E-state index is 10.8. The average Bonchev–Trinajstić information content (AvgIpc) is 3.22. The Morgan fingerprint density at radius 1 is 1.47 bits per heavy atom. The van der Waals surface area contributed by atoms with E-state index in [9.17, 15) is 9.90 Å². The highest BCUT2D eigenvalue weighted by Gasteiger charge is 2.28. The van der Waals surface area contributed by atoms with Crippen LogP contribution in [-0.2, 0) is 0 Å². The molecular formula is C14H19NO4. The van der Waals surface area contributed by atoms with E-state index in [0.29, 0.717) is 31.4 Å². The van der Waals surface area contributed by atoms with E-state index in [1.807, 2.05) is 0 Å². The summed E-state index contributed by atoms with van der Waals surface area (Å²) in [4.78, 5) is 10.8. The van der Waals surface area contributed by atoms with Gasteiger partial charge in [0.15, 0.2) is 0 Å². The summed E-state index contributed by atoms with van der Waals surface area (Å²) in [7, 11) is 0. The second kappa shape index (κ2) is 6.54. The van der Waals surface area contributed by atoms with E-state index >= 15 is 0 Å². The predicted octanol–water partition coefficient (Wildman–Crippen LogP) is 1.12. The van der Waals surface area contributed by atoms with Crippen LogP contribution in [0.2, 0.25) is 0 Å². The lowest BCUT2D eigenvalue weighted by molar-refractivity contribution is 0.0696. The zero-order valence-corrected chi connectivity index (χ0v) is 10.7. The van der Waals surface area contributed by atoms with Gasteiger partial charge in [0.1, 0.15) is 12.4 Å². The van der Waals surface area contributed by atoms with Crippen molar-refractivity contribution >= 4 is 5.97 Å². The SMILES string of the molecule is O=C(O)c1cccc(OCCNCC(O)C2CC2)c1. The van der Waals surface area contributed by atoms with Gasteiger partial charge in [0.05, 0.1) is 11.7 Å². The Kier molecular flexibility index (Phi) is 4.76. The van der Waals surface area contributed by atoms with Crippen LogP contribution in [0, 0.1) is 5.92 Å². The van der Waals surface area contributed by atoms with Gasteiger partial charge in [-0.05, 0) is 37.0 Å². The molecule has 5 heteroatoms. The van der Waals surface area contributed by atoms with Crippen LogP contribution in [0.5, 0.6) is 5.75 Å². The number of ether oxygens (including phenoxy) is 1. The monoisotopic (exact) mass is 265 g/mol. The number of aromatic carboxylic acids is 1. The molecule has 0 radical (unpaired) electrons. The number of carboxylic acids is 1. The highest BCUT2D eigenvalue weighted by Crippen LogP contribution is 2.32. The van der Waals surface area contributed by atoms with Gasteiger partial charge < -0.3 is 20.3 Å². The van der Waals surface area contributed by atoms with Crippen molar-refractivity contribution in [3.05, 3.63) is 29.8 Å². The van der Waals surface area contributed by atoms with Crippen LogP contribution < -0.4 is 10.1 Å². The molecule has 1 aromatic carbocycles. The Hall–Kier alpha value is -1.59. The van der Waals surface area contributed by atoms with Gasteiger partial charge in [0, 0.05) is 13.1 Å². The van der Waals surface area contributed by atoms with Crippen LogP contribution in [0.25, 0.3) is 0 Å². The molecule has 1 atom stereocenters. The molecule has 19 heavy (non-hydrogen) atoms. The summed E-state index contributed by atoms with van der Waals surface area (Å²) >= 11 is 0. The van der Waals surface area contributed by atoms with E-state index in [2.05, 4.69) is 5.32 Å². The fourth-order valence-electron chi connectivity index (χ4n) is 1.86. The standard InChI is InChI=1S/C14H19NO4/c16-13(10-4-5-10)9-15-6-7-19-12-3-1-2-11(8-12)14(17)18/h1-3,8,10,13,15-16H,4-7,9H2,(H,17,18). The van der Waals surface area contributed by atoms with Gasteiger partial charge in [-0.25, -0.2) is 4.79 Å². The highest BCUT2D eigenvalue weighted by molar-refractivity contribution is 5.87. The second-order valence-corrected chi connectivity index (χ2v) is 4.79. The van der Waals surface area contributed by atoms with Crippen molar-refractivity contribution in [2.75, 3.05) is 19.7 Å². The van der Waals surface area contributed by atoms with E-state index in [1.165, 1.54) is 12.1 Å². The predicted molar refractivity (Wildman–Crippen MR) is 70.5 cm³/mol. The lowest BCUT2D eigenvalue weighted by Gasteiger charge is -2.11. The number of carboxylic acid groups (broad SMARTS) is 1. The van der Waals surface area contributed by atoms with Crippen LogP contribution in [0.15, 0.2) is 24.3 Å². The minimum Gasteiger partial charge on any atom is -0.492 e. The van der Waals surface area contributed by atoms with Crippen LogP contribution in [0.1, 0.15) is 23.2 Å². The first kappa shape index (κ1) is 13.8. The normalized spacial score (nSPS) is 16.1. The maximum atomic E-state index is 10.8. The third-order valence-electron chi connectivity index (χ3n) is 3.15. The van der Waals surface area contributed by atoms with E-state index in [0.717, 1.165) is 12.8 Å². The van der Waals surface area contributed by atoms with Crippen molar-refractivity contribution in [3.8, 4) is 5.75 Å². The van der Waals surface area contributed by atoms with Crippen molar-refractivity contribution in [2.24, 2.45) is 5.92 Å². The van der Waals surface area contributed by atoms with Crippen LogP contribution in [0.4, 0.5) is 0 Å². The number of nitrogens with one attached hydrogen (secondary N) is 1. The number of benzene rings is 1. The molecule has 1 aliphatic rings. The van der Waals surface area contributed by atoms with E-state index in [-0.39, 0.29) is 11.7 Å². The van der Waals surface area contributed by atoms with E-state index in [4.69, 9.17) is 9.84 Å². The minimum atomic E-state index is -0.962. The fourth-order valence-corrected chi connectivity index (χ4v) is 1.86. The molecule has 3 N–H and O–H groups in total. The van der Waals surface area contributed by atoms with Gasteiger partial charge in [-0.3, -0.25) is 0 Å². The van der Waals surface area contributed by atoms with Crippen LogP contribution >= 0.6 is 0 Å². The molecule has 104 valence electrons. The number of rotatable bonds is 8. The first-order valence-electron chi connectivity index (χ1n) is 6.52. The molecule has 1 aromatic rings. The summed E-state index contributed by atoms with van der Waals surface area (Å²) in [6, 6.07) is 6.41. The van der Waals surface area contributed by atoms with Gasteiger partial charge in [0.25, 0.3) is 0 Å². The summed E-state index contributed by atoms with van der Waals surface area (Å²) in [5.74, 6) is 0.0567. The zero-order chi connectivity index (χ0) is 13.7. The Labute approximate surface area is 112 Å². The highest BCUT2D eigenvalue weighted by atomic mass is 16.5. The minimum absolute atomic E-state index is 0.217. The molecule has 0 aliphatic heterocycles. The number of hydrogen-bond donors (Lipinski definition) is 3. The summed E-state index contributed by atoms with van der Waals surface area (Å²) in [5, 5.41) is 21.6. The Balaban J connectivity index is 1.64. The van der Waals surface area contributed by atoms with Crippen molar-refractivity contribution in [1.82, 2.24) is 5.32 Å². The zero-order valence-electron chi connectivity index (χ0n) is 10.7. The Bertz CT molecular complexity index is 431. The van der Waals surface area contributed by atoms with Crippen molar-refractivity contribution in [3.63, 3.8) is 0 Å². The Morgan fingerprint density at radius 2 is 2.26 bits per heavy atom. The maximum Gasteiger partial charge on any atom is 0.335 e. The van der Waals surface area contributed by atoms with Gasteiger partial charge in [-0.2, -0.15) is 0 Å². The molecule has 0 bridgehead atoms. The van der Waals surface area contributed by atoms with Gasteiger partial charge >= 0.3 is 5.97 Å². The summed E-state index contributed by atoms with van der Waals surface area (Å²) in [6.07, 6.45) is 2.00. The third kappa shape index (κ3) is 4.54. The average molecular weight is 265 g/mol. The van der Waals surface area contributed by atoms with Crippen molar-refractivity contribution in [1.29, 1.82) is 0 Å². The van der Waals surface area contributed by atoms with Gasteiger partial charge in [-0.15, -0.1) is 0 Å². The topological polar surface area (TPSA) is 78.8 Å². The molecular weight excluding hydrogens is 246 g/mol.